The highest BCUT2D eigenvalue weighted by molar-refractivity contribution is 5.99. The number of pyridine rings is 1. The van der Waals surface area contributed by atoms with E-state index in [-0.39, 0.29) is 16.6 Å². The molecule has 0 fully saturated rings. The summed E-state index contributed by atoms with van der Waals surface area (Å²) in [4.78, 5) is 10.1. The minimum Gasteiger partial charge on any atom is -0.507 e. The predicted octanol–water partition coefficient (Wildman–Crippen LogP) is 11.2. The fourth-order valence-electron chi connectivity index (χ4n) is 6.44. The molecule has 0 saturated carbocycles. The Balaban J connectivity index is 1.45. The molecule has 234 valence electrons. The lowest BCUT2D eigenvalue weighted by atomic mass is 9.83. The molecule has 0 aliphatic rings. The Kier molecular flexibility index (Phi) is 7.28. The molecular formula is C43H41N3O. The Bertz CT molecular complexity index is 2280. The number of aromatic hydroxyl groups is 1. The van der Waals surface area contributed by atoms with Gasteiger partial charge < -0.3 is 5.11 Å². The number of hydrogen-bond donors (Lipinski definition) is 1. The van der Waals surface area contributed by atoms with Gasteiger partial charge in [0.05, 0.1) is 22.1 Å². The van der Waals surface area contributed by atoms with E-state index in [9.17, 15) is 5.11 Å². The molecule has 0 amide bonds. The average molecular weight is 616 g/mol. The van der Waals surface area contributed by atoms with Crippen molar-refractivity contribution in [3.8, 4) is 45.1 Å². The summed E-state index contributed by atoms with van der Waals surface area (Å²) in [7, 11) is 0. The SMILES string of the molecule is Cc1ccnc2c(-c3cccc(-c4cccc5c4nc(-c4ccccc4O)n5-c4ccc(C(C)(C)C)cc4)c3)cc(C(C)(C)C)cc12. The number of para-hydroxylation sites is 2. The number of phenols is 1. The van der Waals surface area contributed by atoms with Crippen LogP contribution in [-0.4, -0.2) is 19.6 Å². The van der Waals surface area contributed by atoms with E-state index in [1.54, 1.807) is 6.07 Å². The van der Waals surface area contributed by atoms with E-state index in [0.717, 1.165) is 44.5 Å². The van der Waals surface area contributed by atoms with E-state index in [0.29, 0.717) is 11.4 Å². The van der Waals surface area contributed by atoms with Crippen LogP contribution in [0.1, 0.15) is 58.2 Å². The number of imidazole rings is 1. The monoisotopic (exact) mass is 615 g/mol. The first-order valence-electron chi connectivity index (χ1n) is 16.3. The molecule has 0 bridgehead atoms. The van der Waals surface area contributed by atoms with Crippen LogP contribution in [0.4, 0.5) is 0 Å². The van der Waals surface area contributed by atoms with Crippen molar-refractivity contribution in [2.24, 2.45) is 0 Å². The Labute approximate surface area is 277 Å². The Morgan fingerprint density at radius 2 is 1.26 bits per heavy atom. The third kappa shape index (κ3) is 5.48. The molecule has 4 nitrogen and oxygen atoms in total. The zero-order valence-electron chi connectivity index (χ0n) is 28.3. The van der Waals surface area contributed by atoms with Crippen molar-refractivity contribution in [2.75, 3.05) is 0 Å². The third-order valence-corrected chi connectivity index (χ3v) is 9.24. The van der Waals surface area contributed by atoms with Gasteiger partial charge in [-0.05, 0) is 100 Å². The summed E-state index contributed by atoms with van der Waals surface area (Å²) in [5, 5.41) is 12.2. The highest BCUT2D eigenvalue weighted by Crippen LogP contribution is 2.40. The molecule has 7 rings (SSSR count). The molecule has 2 heterocycles. The summed E-state index contributed by atoms with van der Waals surface area (Å²) < 4.78 is 2.16. The maximum Gasteiger partial charge on any atom is 0.149 e. The lowest BCUT2D eigenvalue weighted by molar-refractivity contribution is 0.477. The van der Waals surface area contributed by atoms with Gasteiger partial charge in [-0.15, -0.1) is 0 Å². The van der Waals surface area contributed by atoms with Gasteiger partial charge >= 0.3 is 0 Å². The number of aromatic nitrogens is 3. The van der Waals surface area contributed by atoms with Crippen LogP contribution in [-0.2, 0) is 10.8 Å². The number of aryl methyl sites for hydroxylation is 1. The smallest absolute Gasteiger partial charge is 0.149 e. The van der Waals surface area contributed by atoms with Crippen LogP contribution in [0, 0.1) is 6.92 Å². The minimum atomic E-state index is -0.00819. The van der Waals surface area contributed by atoms with E-state index < -0.39 is 0 Å². The summed E-state index contributed by atoms with van der Waals surface area (Å²) in [6, 6.07) is 37.9. The second-order valence-electron chi connectivity index (χ2n) is 14.6. The van der Waals surface area contributed by atoms with Gasteiger partial charge in [0.25, 0.3) is 0 Å². The first kappa shape index (κ1) is 30.4. The molecule has 5 aromatic carbocycles. The average Bonchev–Trinajstić information content (AvgIpc) is 3.43. The molecule has 7 aromatic rings. The van der Waals surface area contributed by atoms with Crippen molar-refractivity contribution in [2.45, 2.75) is 59.3 Å². The molecule has 0 atom stereocenters. The quantitative estimate of drug-likeness (QED) is 0.214. The number of benzene rings is 5. The van der Waals surface area contributed by atoms with Crippen molar-refractivity contribution in [3.63, 3.8) is 0 Å². The summed E-state index contributed by atoms with van der Waals surface area (Å²) in [5.41, 5.74) is 12.7. The van der Waals surface area contributed by atoms with Gasteiger partial charge in [0, 0.05) is 28.4 Å². The number of rotatable bonds is 4. The first-order chi connectivity index (χ1) is 22.4. The van der Waals surface area contributed by atoms with Gasteiger partial charge in [-0.25, -0.2) is 4.98 Å². The second-order valence-corrected chi connectivity index (χ2v) is 14.6. The van der Waals surface area contributed by atoms with Gasteiger partial charge in [-0.1, -0.05) is 96.1 Å². The largest absolute Gasteiger partial charge is 0.507 e. The standard InChI is InChI=1S/C43H41N3O/c1-27-22-23-44-39-35(27)25-31(43(5,6)7)26-36(39)29-13-10-12-28(24-29)33-15-11-16-37-40(33)45-41(34-14-8-9-17-38(34)47)46(37)32-20-18-30(19-21-32)42(2,3)4/h8-26,47H,1-7H3. The molecule has 0 saturated heterocycles. The molecule has 0 radical (unpaired) electrons. The molecular weight excluding hydrogens is 574 g/mol. The molecule has 0 aliphatic heterocycles. The Morgan fingerprint density at radius 3 is 1.96 bits per heavy atom. The molecule has 1 N–H and O–H groups in total. The summed E-state index contributed by atoms with van der Waals surface area (Å²) in [6.45, 7) is 15.6. The second kappa shape index (κ2) is 11.2. The molecule has 0 spiro atoms. The van der Waals surface area contributed by atoms with Gasteiger partial charge in [0.1, 0.15) is 11.6 Å². The van der Waals surface area contributed by atoms with Gasteiger partial charge in [-0.2, -0.15) is 0 Å². The molecule has 4 heteroatoms. The van der Waals surface area contributed by atoms with E-state index in [1.807, 2.05) is 24.4 Å². The maximum absolute atomic E-state index is 11.0. The lowest BCUT2D eigenvalue weighted by Gasteiger charge is -2.22. The number of hydrogen-bond acceptors (Lipinski definition) is 3. The van der Waals surface area contributed by atoms with Crippen molar-refractivity contribution in [3.05, 3.63) is 132 Å². The van der Waals surface area contributed by atoms with Gasteiger partial charge in [0.2, 0.25) is 0 Å². The topological polar surface area (TPSA) is 50.9 Å². The zero-order chi connectivity index (χ0) is 33.1. The zero-order valence-corrected chi connectivity index (χ0v) is 28.3. The van der Waals surface area contributed by atoms with E-state index in [4.69, 9.17) is 9.97 Å². The predicted molar refractivity (Wildman–Crippen MR) is 196 cm³/mol. The molecule has 2 aromatic heterocycles. The number of nitrogens with zero attached hydrogens (tertiary/aromatic N) is 3. The fourth-order valence-corrected chi connectivity index (χ4v) is 6.44. The Morgan fingerprint density at radius 1 is 0.596 bits per heavy atom. The minimum absolute atomic E-state index is 0.00819. The summed E-state index contributed by atoms with van der Waals surface area (Å²) >= 11 is 0. The van der Waals surface area contributed by atoms with E-state index >= 15 is 0 Å². The highest BCUT2D eigenvalue weighted by Gasteiger charge is 2.22. The molecule has 0 unspecified atom stereocenters. The van der Waals surface area contributed by atoms with E-state index in [1.165, 1.54) is 22.1 Å². The van der Waals surface area contributed by atoms with Gasteiger partial charge in [-0.3, -0.25) is 9.55 Å². The van der Waals surface area contributed by atoms with Crippen LogP contribution < -0.4 is 0 Å². The van der Waals surface area contributed by atoms with Gasteiger partial charge in [0.15, 0.2) is 0 Å². The summed E-state index contributed by atoms with van der Waals surface area (Å²) in [5.74, 6) is 0.904. The third-order valence-electron chi connectivity index (χ3n) is 9.24. The normalized spacial score (nSPS) is 12.2. The van der Waals surface area contributed by atoms with Crippen molar-refractivity contribution >= 4 is 21.9 Å². The fraction of sp³-hybridized carbons (Fsp3) is 0.209. The van der Waals surface area contributed by atoms with Crippen LogP contribution in [0.3, 0.4) is 0 Å². The van der Waals surface area contributed by atoms with Crippen LogP contribution in [0.5, 0.6) is 5.75 Å². The van der Waals surface area contributed by atoms with Crippen molar-refractivity contribution in [1.82, 2.24) is 14.5 Å². The van der Waals surface area contributed by atoms with E-state index in [2.05, 4.69) is 138 Å². The first-order valence-corrected chi connectivity index (χ1v) is 16.3. The molecule has 47 heavy (non-hydrogen) atoms. The Hall–Kier alpha value is -5.22. The van der Waals surface area contributed by atoms with Crippen LogP contribution in [0.15, 0.2) is 115 Å². The van der Waals surface area contributed by atoms with Crippen molar-refractivity contribution < 1.29 is 5.11 Å². The summed E-state index contributed by atoms with van der Waals surface area (Å²) in [6.07, 6.45) is 1.91. The number of fused-ring (bicyclic) bond motifs is 2. The number of phenolic OH excluding ortho intramolecular Hbond substituents is 1. The maximum atomic E-state index is 11.0. The van der Waals surface area contributed by atoms with Crippen LogP contribution in [0.25, 0.3) is 61.3 Å². The van der Waals surface area contributed by atoms with Crippen LogP contribution in [0.2, 0.25) is 0 Å². The molecule has 0 aliphatic carbocycles. The van der Waals surface area contributed by atoms with Crippen molar-refractivity contribution in [1.29, 1.82) is 0 Å². The lowest BCUT2D eigenvalue weighted by Crippen LogP contribution is -2.11. The van der Waals surface area contributed by atoms with Crippen LogP contribution >= 0.6 is 0 Å². The highest BCUT2D eigenvalue weighted by atomic mass is 16.3.